The average Bonchev–Trinajstić information content (AvgIpc) is 3.07. The van der Waals surface area contributed by atoms with Crippen molar-refractivity contribution in [3.05, 3.63) is 36.3 Å². The Labute approximate surface area is 122 Å². The fraction of sp³-hybridized carbons (Fsp3) is 0.333. The SMILES string of the molecule is CCOc1cc(Cn2ccnc2)nc2nc(C(F)(F)F)nn12. The highest BCUT2D eigenvalue weighted by Gasteiger charge is 2.37. The minimum atomic E-state index is -4.64. The van der Waals surface area contributed by atoms with Gasteiger partial charge in [0.2, 0.25) is 5.88 Å². The van der Waals surface area contributed by atoms with Gasteiger partial charge in [0, 0.05) is 18.5 Å². The average molecular weight is 312 g/mol. The lowest BCUT2D eigenvalue weighted by Gasteiger charge is -2.07. The lowest BCUT2D eigenvalue weighted by atomic mass is 10.4. The first kappa shape index (κ1) is 14.3. The third-order valence-electron chi connectivity index (χ3n) is 2.78. The van der Waals surface area contributed by atoms with Crippen molar-refractivity contribution in [2.45, 2.75) is 19.6 Å². The molecule has 0 aliphatic heterocycles. The highest BCUT2D eigenvalue weighted by atomic mass is 19.4. The van der Waals surface area contributed by atoms with Crippen LogP contribution in [0.2, 0.25) is 0 Å². The second-order valence-electron chi connectivity index (χ2n) is 4.40. The maximum atomic E-state index is 12.7. The van der Waals surface area contributed by atoms with E-state index in [0.717, 1.165) is 4.52 Å². The fourth-order valence-electron chi connectivity index (χ4n) is 1.91. The van der Waals surface area contributed by atoms with Gasteiger partial charge < -0.3 is 9.30 Å². The summed E-state index contributed by atoms with van der Waals surface area (Å²) < 4.78 is 46.2. The Balaban J connectivity index is 2.07. The predicted molar refractivity (Wildman–Crippen MR) is 68.3 cm³/mol. The number of hydrogen-bond donors (Lipinski definition) is 0. The first-order chi connectivity index (χ1) is 10.5. The smallest absolute Gasteiger partial charge is 0.453 e. The van der Waals surface area contributed by atoms with E-state index >= 15 is 0 Å². The van der Waals surface area contributed by atoms with E-state index in [4.69, 9.17) is 4.74 Å². The summed E-state index contributed by atoms with van der Waals surface area (Å²) in [6, 6.07) is 1.53. The van der Waals surface area contributed by atoms with E-state index in [0.29, 0.717) is 12.2 Å². The summed E-state index contributed by atoms with van der Waals surface area (Å²) in [6.07, 6.45) is 0.261. The number of alkyl halides is 3. The van der Waals surface area contributed by atoms with E-state index in [1.54, 1.807) is 30.2 Å². The summed E-state index contributed by atoms with van der Waals surface area (Å²) in [4.78, 5) is 11.4. The summed E-state index contributed by atoms with van der Waals surface area (Å²) in [5, 5.41) is 3.41. The van der Waals surface area contributed by atoms with E-state index < -0.39 is 12.0 Å². The van der Waals surface area contributed by atoms with Crippen molar-refractivity contribution in [3.63, 3.8) is 0 Å². The topological polar surface area (TPSA) is 70.1 Å². The van der Waals surface area contributed by atoms with Crippen molar-refractivity contribution in [1.29, 1.82) is 0 Å². The van der Waals surface area contributed by atoms with E-state index in [9.17, 15) is 13.2 Å². The lowest BCUT2D eigenvalue weighted by molar-refractivity contribution is -0.144. The van der Waals surface area contributed by atoms with E-state index in [2.05, 4.69) is 20.1 Å². The van der Waals surface area contributed by atoms with Crippen LogP contribution < -0.4 is 4.74 Å². The third-order valence-corrected chi connectivity index (χ3v) is 2.78. The number of ether oxygens (including phenoxy) is 1. The molecular weight excluding hydrogens is 301 g/mol. The molecule has 3 aromatic rings. The molecule has 0 bridgehead atoms. The zero-order valence-corrected chi connectivity index (χ0v) is 11.4. The quantitative estimate of drug-likeness (QED) is 0.734. The molecule has 0 aliphatic carbocycles. The molecule has 116 valence electrons. The Bertz CT molecular complexity index is 780. The molecule has 0 saturated carbocycles. The van der Waals surface area contributed by atoms with Crippen molar-refractivity contribution in [2.75, 3.05) is 6.61 Å². The summed E-state index contributed by atoms with van der Waals surface area (Å²) >= 11 is 0. The van der Waals surface area contributed by atoms with Crippen molar-refractivity contribution in [1.82, 2.24) is 29.1 Å². The molecule has 10 heteroatoms. The van der Waals surface area contributed by atoms with E-state index in [-0.39, 0.29) is 18.3 Å². The molecule has 22 heavy (non-hydrogen) atoms. The van der Waals surface area contributed by atoms with Gasteiger partial charge in [-0.3, -0.25) is 0 Å². The Morgan fingerprint density at radius 2 is 2.09 bits per heavy atom. The van der Waals surface area contributed by atoms with Gasteiger partial charge in [-0.25, -0.2) is 9.97 Å². The number of aromatic nitrogens is 6. The molecule has 0 aliphatic rings. The van der Waals surface area contributed by atoms with Gasteiger partial charge in [-0.05, 0) is 6.92 Å². The maximum absolute atomic E-state index is 12.7. The Morgan fingerprint density at radius 3 is 2.73 bits per heavy atom. The minimum absolute atomic E-state index is 0.158. The summed E-state index contributed by atoms with van der Waals surface area (Å²) in [5.41, 5.74) is 0.495. The molecule has 0 N–H and O–H groups in total. The van der Waals surface area contributed by atoms with E-state index in [1.165, 1.54) is 6.07 Å². The molecule has 0 spiro atoms. The van der Waals surface area contributed by atoms with Crippen LogP contribution in [0.3, 0.4) is 0 Å². The molecule has 7 nitrogen and oxygen atoms in total. The monoisotopic (exact) mass is 312 g/mol. The van der Waals surface area contributed by atoms with Crippen LogP contribution in [0.5, 0.6) is 5.88 Å². The molecule has 0 unspecified atom stereocenters. The largest absolute Gasteiger partial charge is 0.478 e. The molecule has 0 amide bonds. The second-order valence-corrected chi connectivity index (χ2v) is 4.40. The molecule has 3 rings (SSSR count). The second kappa shape index (κ2) is 5.28. The van der Waals surface area contributed by atoms with Gasteiger partial charge in [0.15, 0.2) is 0 Å². The van der Waals surface area contributed by atoms with Gasteiger partial charge in [-0.1, -0.05) is 0 Å². The molecule has 0 fully saturated rings. The summed E-state index contributed by atoms with van der Waals surface area (Å²) in [5.74, 6) is -1.25. The normalized spacial score (nSPS) is 12.0. The van der Waals surface area contributed by atoms with Crippen molar-refractivity contribution in [2.24, 2.45) is 0 Å². The van der Waals surface area contributed by atoms with Gasteiger partial charge in [0.05, 0.1) is 25.2 Å². The van der Waals surface area contributed by atoms with Crippen molar-refractivity contribution < 1.29 is 17.9 Å². The first-order valence-electron chi connectivity index (χ1n) is 6.40. The number of imidazole rings is 1. The van der Waals surface area contributed by atoms with Crippen LogP contribution in [0, 0.1) is 0 Å². The number of hydrogen-bond acceptors (Lipinski definition) is 5. The Kier molecular flexibility index (Phi) is 3.43. The third kappa shape index (κ3) is 2.71. The predicted octanol–water partition coefficient (Wildman–Crippen LogP) is 1.79. The Morgan fingerprint density at radius 1 is 1.27 bits per heavy atom. The number of fused-ring (bicyclic) bond motifs is 1. The summed E-state index contributed by atoms with van der Waals surface area (Å²) in [6.45, 7) is 2.35. The van der Waals surface area contributed by atoms with Gasteiger partial charge in [-0.15, -0.1) is 5.10 Å². The molecule has 3 heterocycles. The standard InChI is InChI=1S/C12H11F3N6O/c1-2-22-9-5-8(6-20-4-3-16-7-20)17-11-18-10(12(13,14)15)19-21(9)11/h3-5,7H,2,6H2,1H3. The molecule has 3 aromatic heterocycles. The van der Waals surface area contributed by atoms with Crippen LogP contribution in [0.4, 0.5) is 13.2 Å². The number of rotatable bonds is 4. The lowest BCUT2D eigenvalue weighted by Crippen LogP contribution is -2.08. The van der Waals surface area contributed by atoms with E-state index in [1.807, 2.05) is 0 Å². The maximum Gasteiger partial charge on any atom is 0.453 e. The van der Waals surface area contributed by atoms with Gasteiger partial charge in [-0.2, -0.15) is 22.7 Å². The van der Waals surface area contributed by atoms with Gasteiger partial charge in [0.25, 0.3) is 11.6 Å². The van der Waals surface area contributed by atoms with Gasteiger partial charge >= 0.3 is 6.18 Å². The number of halogens is 3. The van der Waals surface area contributed by atoms with Crippen LogP contribution in [0.25, 0.3) is 5.78 Å². The molecule has 0 atom stereocenters. The van der Waals surface area contributed by atoms with Gasteiger partial charge in [0.1, 0.15) is 0 Å². The number of nitrogens with zero attached hydrogens (tertiary/aromatic N) is 6. The summed E-state index contributed by atoms with van der Waals surface area (Å²) in [7, 11) is 0. The molecule has 0 radical (unpaired) electrons. The van der Waals surface area contributed by atoms with Crippen LogP contribution in [0.15, 0.2) is 24.8 Å². The fourth-order valence-corrected chi connectivity index (χ4v) is 1.91. The van der Waals surface area contributed by atoms with Crippen LogP contribution >= 0.6 is 0 Å². The first-order valence-corrected chi connectivity index (χ1v) is 6.40. The van der Waals surface area contributed by atoms with Crippen molar-refractivity contribution in [3.8, 4) is 5.88 Å². The molecule has 0 saturated heterocycles. The van der Waals surface area contributed by atoms with Crippen LogP contribution in [0.1, 0.15) is 18.4 Å². The molecular formula is C12H11F3N6O. The van der Waals surface area contributed by atoms with Crippen molar-refractivity contribution >= 4 is 5.78 Å². The van der Waals surface area contributed by atoms with Crippen LogP contribution in [-0.4, -0.2) is 35.7 Å². The highest BCUT2D eigenvalue weighted by Crippen LogP contribution is 2.27. The zero-order valence-electron chi connectivity index (χ0n) is 11.4. The van der Waals surface area contributed by atoms with Crippen LogP contribution in [-0.2, 0) is 12.7 Å². The highest BCUT2D eigenvalue weighted by molar-refractivity contribution is 5.35. The zero-order chi connectivity index (χ0) is 15.7. The molecule has 0 aromatic carbocycles. The Hall–Kier alpha value is -2.65. The minimum Gasteiger partial charge on any atom is -0.478 e.